The molecule has 0 aliphatic heterocycles. The Morgan fingerprint density at radius 1 is 1.07 bits per heavy atom. The lowest BCUT2D eigenvalue weighted by atomic mass is 9.96. The largest absolute Gasteiger partial charge is 0.481 e. The highest BCUT2D eigenvalue weighted by Gasteiger charge is 2.44. The molecule has 80 valence electrons. The minimum absolute atomic E-state index is 1.02. The highest BCUT2D eigenvalue weighted by Crippen LogP contribution is 2.19. The normalized spacial score (nSPS) is 10.9. The minimum Gasteiger partial charge on any atom is -0.481 e. The topological polar surface area (TPSA) is 147 Å². The monoisotopic (exact) mass is 207 g/mol. The molecule has 0 aliphatic carbocycles. The van der Waals surface area contributed by atoms with Crippen LogP contribution in [-0.2, 0) is 19.2 Å². The maximum Gasteiger partial charge on any atom is 0.339 e. The molecular weight excluding hydrogens is 198 g/mol. The van der Waals surface area contributed by atoms with Gasteiger partial charge >= 0.3 is 17.9 Å². The Balaban J connectivity index is 4.87. The molecular formula is C6H9NO7. The maximum absolute atomic E-state index is 10.6. The molecule has 0 aromatic rings. The molecule has 0 saturated heterocycles. The molecule has 0 fully saturated rings. The van der Waals surface area contributed by atoms with Gasteiger partial charge in [0.2, 0.25) is 5.60 Å². The van der Waals surface area contributed by atoms with Gasteiger partial charge in [-0.1, -0.05) is 0 Å². The van der Waals surface area contributed by atoms with Crippen LogP contribution in [0, 0.1) is 0 Å². The fourth-order valence-corrected chi connectivity index (χ4v) is 0.836. The summed E-state index contributed by atoms with van der Waals surface area (Å²) in [6.45, 7) is 0. The van der Waals surface area contributed by atoms with E-state index in [0.717, 1.165) is 0 Å². The summed E-state index contributed by atoms with van der Waals surface area (Å²) < 4.78 is 0. The first kappa shape index (κ1) is 12.3. The SMILES string of the molecule is NOC(CC(=O)O)(CC(=O)O)C(=O)O. The molecule has 0 aromatic heterocycles. The van der Waals surface area contributed by atoms with Gasteiger partial charge in [0.1, 0.15) is 0 Å². The average Bonchev–Trinajstić information content (AvgIpc) is 2.00. The van der Waals surface area contributed by atoms with Gasteiger partial charge < -0.3 is 15.3 Å². The van der Waals surface area contributed by atoms with Crippen LogP contribution in [0.1, 0.15) is 12.8 Å². The molecule has 0 aromatic carbocycles. The molecule has 8 heteroatoms. The average molecular weight is 207 g/mol. The van der Waals surface area contributed by atoms with Crippen molar-refractivity contribution in [3.63, 3.8) is 0 Å². The van der Waals surface area contributed by atoms with Gasteiger partial charge in [-0.15, -0.1) is 0 Å². The zero-order valence-corrected chi connectivity index (χ0v) is 6.97. The van der Waals surface area contributed by atoms with Crippen molar-refractivity contribution >= 4 is 17.9 Å². The van der Waals surface area contributed by atoms with Crippen LogP contribution < -0.4 is 5.90 Å². The van der Waals surface area contributed by atoms with Gasteiger partial charge in [0, 0.05) is 0 Å². The van der Waals surface area contributed by atoms with Crippen LogP contribution in [0.3, 0.4) is 0 Å². The third kappa shape index (κ3) is 2.99. The van der Waals surface area contributed by atoms with Crippen molar-refractivity contribution in [3.8, 4) is 0 Å². The van der Waals surface area contributed by atoms with Crippen molar-refractivity contribution in [2.45, 2.75) is 18.4 Å². The summed E-state index contributed by atoms with van der Waals surface area (Å²) in [4.78, 5) is 35.1. The summed E-state index contributed by atoms with van der Waals surface area (Å²) >= 11 is 0. The number of carboxylic acid groups (broad SMARTS) is 3. The van der Waals surface area contributed by atoms with Crippen molar-refractivity contribution in [2.24, 2.45) is 5.90 Å². The summed E-state index contributed by atoms with van der Waals surface area (Å²) in [6, 6.07) is 0. The Labute approximate surface area is 77.8 Å². The Hall–Kier alpha value is -1.67. The molecule has 0 heterocycles. The molecule has 0 unspecified atom stereocenters. The molecule has 14 heavy (non-hydrogen) atoms. The predicted octanol–water partition coefficient (Wildman–Crippen LogP) is -1.35. The second-order valence-electron chi connectivity index (χ2n) is 2.56. The first-order chi connectivity index (χ1) is 6.34. The second-order valence-corrected chi connectivity index (χ2v) is 2.56. The summed E-state index contributed by atoms with van der Waals surface area (Å²) in [6.07, 6.45) is -2.05. The molecule has 0 spiro atoms. The highest BCUT2D eigenvalue weighted by atomic mass is 16.6. The standard InChI is InChI=1S/C6H9NO7/c7-14-6(5(12)13,1-3(8)9)2-4(10)11/h1-2,7H2,(H,8,9)(H,10,11)(H,12,13). The van der Waals surface area contributed by atoms with E-state index in [1.165, 1.54) is 0 Å². The molecule has 0 amide bonds. The highest BCUT2D eigenvalue weighted by molar-refractivity contribution is 5.88. The lowest BCUT2D eigenvalue weighted by Gasteiger charge is -2.22. The van der Waals surface area contributed by atoms with Crippen LogP contribution in [0.15, 0.2) is 0 Å². The van der Waals surface area contributed by atoms with E-state index in [-0.39, 0.29) is 0 Å². The van der Waals surface area contributed by atoms with E-state index in [0.29, 0.717) is 0 Å². The van der Waals surface area contributed by atoms with Crippen LogP contribution in [0.2, 0.25) is 0 Å². The third-order valence-corrected chi connectivity index (χ3v) is 1.49. The summed E-state index contributed by atoms with van der Waals surface area (Å²) in [5.41, 5.74) is -2.42. The lowest BCUT2D eigenvalue weighted by molar-refractivity contribution is -0.179. The van der Waals surface area contributed by atoms with Gasteiger partial charge in [-0.25, -0.2) is 10.7 Å². The van der Waals surface area contributed by atoms with E-state index >= 15 is 0 Å². The van der Waals surface area contributed by atoms with Gasteiger partial charge in [-0.2, -0.15) is 0 Å². The van der Waals surface area contributed by atoms with Crippen molar-refractivity contribution in [1.29, 1.82) is 0 Å². The molecule has 8 nitrogen and oxygen atoms in total. The van der Waals surface area contributed by atoms with E-state index in [9.17, 15) is 14.4 Å². The van der Waals surface area contributed by atoms with Crippen molar-refractivity contribution in [3.05, 3.63) is 0 Å². The second kappa shape index (κ2) is 4.53. The molecule has 0 radical (unpaired) electrons. The quantitative estimate of drug-likeness (QED) is 0.391. The zero-order chi connectivity index (χ0) is 11.4. The predicted molar refractivity (Wildman–Crippen MR) is 40.1 cm³/mol. The third-order valence-electron chi connectivity index (χ3n) is 1.49. The first-order valence-corrected chi connectivity index (χ1v) is 3.39. The number of nitrogens with two attached hydrogens (primary N) is 1. The Bertz CT molecular complexity index is 245. The van der Waals surface area contributed by atoms with Crippen molar-refractivity contribution < 1.29 is 34.5 Å². The van der Waals surface area contributed by atoms with Crippen LogP contribution in [-0.4, -0.2) is 38.8 Å². The molecule has 0 bridgehead atoms. The van der Waals surface area contributed by atoms with Crippen LogP contribution in [0.4, 0.5) is 0 Å². The van der Waals surface area contributed by atoms with Crippen LogP contribution >= 0.6 is 0 Å². The van der Waals surface area contributed by atoms with E-state index in [1.807, 2.05) is 0 Å². The molecule has 5 N–H and O–H groups in total. The molecule has 0 atom stereocenters. The number of rotatable bonds is 6. The van der Waals surface area contributed by atoms with E-state index in [2.05, 4.69) is 10.7 Å². The number of carboxylic acids is 3. The van der Waals surface area contributed by atoms with Crippen molar-refractivity contribution in [2.75, 3.05) is 0 Å². The van der Waals surface area contributed by atoms with Gasteiger partial charge in [0.05, 0.1) is 12.8 Å². The van der Waals surface area contributed by atoms with Crippen LogP contribution in [0.25, 0.3) is 0 Å². The fraction of sp³-hybridized carbons (Fsp3) is 0.500. The van der Waals surface area contributed by atoms with Crippen molar-refractivity contribution in [1.82, 2.24) is 0 Å². The van der Waals surface area contributed by atoms with Gasteiger partial charge in [0.15, 0.2) is 0 Å². The lowest BCUT2D eigenvalue weighted by Crippen LogP contribution is -2.47. The number of hydrogen-bond acceptors (Lipinski definition) is 5. The minimum atomic E-state index is -2.42. The first-order valence-electron chi connectivity index (χ1n) is 3.39. The van der Waals surface area contributed by atoms with Gasteiger partial charge in [0.25, 0.3) is 0 Å². The number of carbonyl (C=O) groups is 3. The van der Waals surface area contributed by atoms with E-state index in [4.69, 9.17) is 15.3 Å². The Morgan fingerprint density at radius 2 is 1.43 bits per heavy atom. The zero-order valence-electron chi connectivity index (χ0n) is 6.97. The Kier molecular flexibility index (Phi) is 3.99. The Morgan fingerprint density at radius 3 is 1.57 bits per heavy atom. The summed E-state index contributed by atoms with van der Waals surface area (Å²) in [7, 11) is 0. The number of hydrogen-bond donors (Lipinski definition) is 4. The number of aliphatic carboxylic acids is 3. The van der Waals surface area contributed by atoms with Crippen LogP contribution in [0.5, 0.6) is 0 Å². The fourth-order valence-electron chi connectivity index (χ4n) is 0.836. The smallest absolute Gasteiger partial charge is 0.339 e. The van der Waals surface area contributed by atoms with Gasteiger partial charge in [-0.3, -0.25) is 14.4 Å². The van der Waals surface area contributed by atoms with E-state index < -0.39 is 36.4 Å². The maximum atomic E-state index is 10.6. The summed E-state index contributed by atoms with van der Waals surface area (Å²) in [5.74, 6) is -0.163. The molecule has 0 rings (SSSR count). The van der Waals surface area contributed by atoms with E-state index in [1.54, 1.807) is 0 Å². The summed E-state index contributed by atoms with van der Waals surface area (Å²) in [5, 5.41) is 25.3. The molecule has 0 aliphatic rings. The molecule has 0 saturated carbocycles. The van der Waals surface area contributed by atoms with Gasteiger partial charge in [-0.05, 0) is 0 Å².